The van der Waals surface area contributed by atoms with Crippen LogP contribution in [-0.2, 0) is 4.79 Å². The zero-order valence-corrected chi connectivity index (χ0v) is 14.1. The quantitative estimate of drug-likeness (QED) is 0.880. The number of hydrogen-bond acceptors (Lipinski definition) is 4. The maximum Gasteiger partial charge on any atom is 0.230 e. The van der Waals surface area contributed by atoms with Crippen molar-refractivity contribution < 1.29 is 13.9 Å². The first kappa shape index (κ1) is 17.9. The molecule has 0 unspecified atom stereocenters. The Labute approximate surface area is 140 Å². The highest BCUT2D eigenvalue weighted by Gasteiger charge is 2.21. The summed E-state index contributed by atoms with van der Waals surface area (Å²) in [7, 11) is 0. The monoisotopic (exact) mass is 331 g/mol. The lowest BCUT2D eigenvalue weighted by Gasteiger charge is -2.17. The predicted octanol–water partition coefficient (Wildman–Crippen LogP) is 3.41. The lowest BCUT2D eigenvalue weighted by atomic mass is 9.96. The molecular weight excluding hydrogens is 309 g/mol. The zero-order valence-electron chi connectivity index (χ0n) is 14.1. The first-order valence-electron chi connectivity index (χ1n) is 7.67. The van der Waals surface area contributed by atoms with Gasteiger partial charge >= 0.3 is 0 Å². The molecule has 1 aromatic carbocycles. The number of fused-ring (bicyclic) bond motifs is 1. The summed E-state index contributed by atoms with van der Waals surface area (Å²) < 4.78 is 18.0. The van der Waals surface area contributed by atoms with Crippen LogP contribution in [0.5, 0.6) is 5.75 Å². The molecule has 0 saturated heterocycles. The van der Waals surface area contributed by atoms with Crippen molar-refractivity contribution in [1.29, 1.82) is 0 Å². The van der Waals surface area contributed by atoms with Crippen molar-refractivity contribution >= 4 is 22.6 Å². The molecular formula is C18H22FN3O2. The molecule has 2 aromatic rings. The highest BCUT2D eigenvalue weighted by molar-refractivity contribution is 5.94. The second kappa shape index (κ2) is 7.40. The van der Waals surface area contributed by atoms with Crippen molar-refractivity contribution in [2.45, 2.75) is 20.8 Å². The molecule has 128 valence electrons. The minimum absolute atomic E-state index is 0.0957. The van der Waals surface area contributed by atoms with E-state index in [0.717, 1.165) is 10.9 Å². The zero-order chi connectivity index (χ0) is 17.7. The number of carbonyl (C=O) groups excluding carboxylic acids is 1. The third-order valence-corrected chi connectivity index (χ3v) is 3.42. The normalized spacial score (nSPS) is 12.3. The molecule has 3 N–H and O–H groups in total. The van der Waals surface area contributed by atoms with Gasteiger partial charge in [-0.1, -0.05) is 20.8 Å². The first-order valence-corrected chi connectivity index (χ1v) is 7.67. The summed E-state index contributed by atoms with van der Waals surface area (Å²) in [6.07, 6.45) is 0.465. The number of nitrogens with zero attached hydrogens (tertiary/aromatic N) is 1. The Kier molecular flexibility index (Phi) is 5.51. The van der Waals surface area contributed by atoms with Crippen molar-refractivity contribution in [1.82, 2.24) is 4.98 Å². The molecule has 0 aliphatic rings. The Bertz CT molecular complexity index is 766. The van der Waals surface area contributed by atoms with Crippen LogP contribution in [0.3, 0.4) is 0 Å². The standard InChI is InChI=1S/C18H22FN3O2/c1-18(2,3)17(23)22-16-7-4-13-8-14(5-6-15(13)21-16)24-11-12(9-19)10-20/h4-9H,10-11,20H2,1-3H3,(H,21,22,23)/b12-9+. The maximum absolute atomic E-state index is 12.5. The molecule has 1 aromatic heterocycles. The summed E-state index contributed by atoms with van der Waals surface area (Å²) in [6, 6.07) is 8.94. The summed E-state index contributed by atoms with van der Waals surface area (Å²) in [4.78, 5) is 16.4. The van der Waals surface area contributed by atoms with E-state index in [9.17, 15) is 9.18 Å². The van der Waals surface area contributed by atoms with E-state index < -0.39 is 5.41 Å². The minimum atomic E-state index is -0.487. The van der Waals surface area contributed by atoms with Crippen molar-refractivity contribution in [3.63, 3.8) is 0 Å². The number of halogens is 1. The van der Waals surface area contributed by atoms with E-state index >= 15 is 0 Å². The number of anilines is 1. The number of rotatable bonds is 5. The molecule has 2 rings (SSSR count). The molecule has 5 nitrogen and oxygen atoms in total. The molecule has 0 aliphatic heterocycles. The van der Waals surface area contributed by atoms with Gasteiger partial charge in [-0.05, 0) is 30.3 Å². The number of nitrogens with one attached hydrogen (secondary N) is 1. The van der Waals surface area contributed by atoms with E-state index in [1.54, 1.807) is 18.2 Å². The summed E-state index contributed by atoms with van der Waals surface area (Å²) in [5, 5.41) is 3.66. The average Bonchev–Trinajstić information content (AvgIpc) is 2.55. The topological polar surface area (TPSA) is 77.2 Å². The van der Waals surface area contributed by atoms with Crippen LogP contribution in [0.15, 0.2) is 42.2 Å². The van der Waals surface area contributed by atoms with Crippen LogP contribution in [0.25, 0.3) is 10.9 Å². The summed E-state index contributed by atoms with van der Waals surface area (Å²) in [6.45, 7) is 5.74. The molecule has 0 aliphatic carbocycles. The molecule has 1 heterocycles. The number of nitrogens with two attached hydrogens (primary N) is 1. The number of carbonyl (C=O) groups is 1. The van der Waals surface area contributed by atoms with Gasteiger partial charge in [0.2, 0.25) is 5.91 Å². The van der Waals surface area contributed by atoms with Gasteiger partial charge in [0.15, 0.2) is 0 Å². The molecule has 0 fully saturated rings. The van der Waals surface area contributed by atoms with Gasteiger partial charge in [-0.25, -0.2) is 9.37 Å². The number of amides is 1. The third-order valence-electron chi connectivity index (χ3n) is 3.42. The minimum Gasteiger partial charge on any atom is -0.489 e. The van der Waals surface area contributed by atoms with Crippen LogP contribution in [0.2, 0.25) is 0 Å². The molecule has 1 amide bonds. The van der Waals surface area contributed by atoms with Gasteiger partial charge in [-0.3, -0.25) is 4.79 Å². The summed E-state index contributed by atoms with van der Waals surface area (Å²) in [5.41, 5.74) is 6.02. The van der Waals surface area contributed by atoms with Gasteiger partial charge < -0.3 is 15.8 Å². The van der Waals surface area contributed by atoms with E-state index in [0.29, 0.717) is 23.5 Å². The number of aromatic nitrogens is 1. The number of pyridine rings is 1. The average molecular weight is 331 g/mol. The Morgan fingerprint density at radius 2 is 2.08 bits per heavy atom. The summed E-state index contributed by atoms with van der Waals surface area (Å²) >= 11 is 0. The Balaban J connectivity index is 2.15. The van der Waals surface area contributed by atoms with Gasteiger partial charge in [0, 0.05) is 22.9 Å². The number of benzene rings is 1. The van der Waals surface area contributed by atoms with Gasteiger partial charge in [0.05, 0.1) is 11.8 Å². The molecule has 0 bridgehead atoms. The Morgan fingerprint density at radius 1 is 1.33 bits per heavy atom. The van der Waals surface area contributed by atoms with Gasteiger partial charge in [0.1, 0.15) is 18.2 Å². The smallest absolute Gasteiger partial charge is 0.230 e. The maximum atomic E-state index is 12.5. The van der Waals surface area contributed by atoms with Crippen LogP contribution < -0.4 is 15.8 Å². The SMILES string of the molecule is CC(C)(C)C(=O)Nc1ccc2cc(OC/C(=C/F)CN)ccc2n1. The van der Waals surface area contributed by atoms with Gasteiger partial charge in [-0.15, -0.1) is 0 Å². The van der Waals surface area contributed by atoms with Crippen LogP contribution >= 0.6 is 0 Å². The van der Waals surface area contributed by atoms with E-state index in [4.69, 9.17) is 10.5 Å². The number of hydrogen-bond donors (Lipinski definition) is 2. The van der Waals surface area contributed by atoms with Crippen LogP contribution in [0.4, 0.5) is 10.2 Å². The second-order valence-electron chi connectivity index (χ2n) is 6.52. The predicted molar refractivity (Wildman–Crippen MR) is 93.6 cm³/mol. The fourth-order valence-corrected chi connectivity index (χ4v) is 1.88. The van der Waals surface area contributed by atoms with Crippen molar-refractivity contribution in [2.75, 3.05) is 18.5 Å². The molecule has 0 radical (unpaired) electrons. The van der Waals surface area contributed by atoms with Crippen LogP contribution in [-0.4, -0.2) is 24.0 Å². The Morgan fingerprint density at radius 3 is 2.71 bits per heavy atom. The fourth-order valence-electron chi connectivity index (χ4n) is 1.88. The van der Waals surface area contributed by atoms with Crippen molar-refractivity contribution in [3.05, 3.63) is 42.2 Å². The van der Waals surface area contributed by atoms with Crippen LogP contribution in [0.1, 0.15) is 20.8 Å². The van der Waals surface area contributed by atoms with Crippen molar-refractivity contribution in [2.24, 2.45) is 11.1 Å². The lowest BCUT2D eigenvalue weighted by molar-refractivity contribution is -0.123. The van der Waals surface area contributed by atoms with E-state index in [1.165, 1.54) is 0 Å². The molecule has 0 spiro atoms. The van der Waals surface area contributed by atoms with Crippen molar-refractivity contribution in [3.8, 4) is 5.75 Å². The first-order chi connectivity index (χ1) is 11.3. The van der Waals surface area contributed by atoms with E-state index in [1.807, 2.05) is 32.9 Å². The highest BCUT2D eigenvalue weighted by Crippen LogP contribution is 2.23. The third kappa shape index (κ3) is 4.52. The molecule has 0 saturated carbocycles. The Hall–Kier alpha value is -2.47. The van der Waals surface area contributed by atoms with Gasteiger partial charge in [0.25, 0.3) is 0 Å². The van der Waals surface area contributed by atoms with E-state index in [2.05, 4.69) is 10.3 Å². The number of ether oxygens (including phenoxy) is 1. The lowest BCUT2D eigenvalue weighted by Crippen LogP contribution is -2.27. The van der Waals surface area contributed by atoms with E-state index in [-0.39, 0.29) is 19.1 Å². The largest absolute Gasteiger partial charge is 0.489 e. The van der Waals surface area contributed by atoms with Crippen LogP contribution in [0, 0.1) is 5.41 Å². The second-order valence-corrected chi connectivity index (χ2v) is 6.52. The highest BCUT2D eigenvalue weighted by atomic mass is 19.1. The summed E-state index contributed by atoms with van der Waals surface area (Å²) in [5.74, 6) is 1.01. The molecule has 24 heavy (non-hydrogen) atoms. The molecule has 6 heteroatoms. The fraction of sp³-hybridized carbons (Fsp3) is 0.333. The molecule has 0 atom stereocenters. The van der Waals surface area contributed by atoms with Gasteiger partial charge in [-0.2, -0.15) is 0 Å².